The monoisotopic (exact) mass is 389 g/mol. The van der Waals surface area contributed by atoms with Gasteiger partial charge in [0.1, 0.15) is 0 Å². The van der Waals surface area contributed by atoms with Gasteiger partial charge in [-0.15, -0.1) is 0 Å². The number of aromatic nitrogens is 1. The Labute approximate surface area is 161 Å². The number of nitrogens with zero attached hydrogens (tertiary/aromatic N) is 2. The van der Waals surface area contributed by atoms with E-state index in [1.54, 1.807) is 36.7 Å². The summed E-state index contributed by atoms with van der Waals surface area (Å²) in [5.74, 6) is -0.0498. The third-order valence-corrected chi connectivity index (χ3v) is 6.53. The molecule has 0 saturated heterocycles. The number of sulfonamides is 1. The van der Waals surface area contributed by atoms with Crippen LogP contribution in [0.15, 0.2) is 53.7 Å². The normalized spacial score (nSPS) is 12.7. The maximum absolute atomic E-state index is 12.5. The van der Waals surface area contributed by atoms with Gasteiger partial charge in [-0.05, 0) is 42.7 Å². The lowest BCUT2D eigenvalue weighted by Crippen LogP contribution is -2.30. The summed E-state index contributed by atoms with van der Waals surface area (Å²) >= 11 is 0. The third kappa shape index (κ3) is 5.61. The van der Waals surface area contributed by atoms with Gasteiger partial charge in [-0.25, -0.2) is 8.42 Å². The number of amides is 1. The molecule has 7 heteroatoms. The van der Waals surface area contributed by atoms with Crippen molar-refractivity contribution in [3.63, 3.8) is 0 Å². The van der Waals surface area contributed by atoms with Gasteiger partial charge in [0, 0.05) is 31.9 Å². The molecule has 0 aliphatic rings. The van der Waals surface area contributed by atoms with Crippen LogP contribution in [0.5, 0.6) is 0 Å². The Bertz CT molecular complexity index is 833. The molecule has 0 spiro atoms. The Balaban J connectivity index is 1.97. The maximum Gasteiger partial charge on any atom is 0.243 e. The van der Waals surface area contributed by atoms with E-state index in [4.69, 9.17) is 0 Å². The average Bonchev–Trinajstić information content (AvgIpc) is 2.68. The highest BCUT2D eigenvalue weighted by molar-refractivity contribution is 7.89. The maximum atomic E-state index is 12.5. The van der Waals surface area contributed by atoms with Gasteiger partial charge in [0.05, 0.1) is 10.9 Å². The largest absolute Gasteiger partial charge is 0.350 e. The van der Waals surface area contributed by atoms with Crippen LogP contribution in [0, 0.1) is 0 Å². The predicted molar refractivity (Wildman–Crippen MR) is 106 cm³/mol. The fourth-order valence-electron chi connectivity index (χ4n) is 2.84. The van der Waals surface area contributed by atoms with Gasteiger partial charge in [-0.3, -0.25) is 9.78 Å². The second kappa shape index (κ2) is 9.62. The molecule has 27 heavy (non-hydrogen) atoms. The van der Waals surface area contributed by atoms with Crippen molar-refractivity contribution in [2.75, 3.05) is 13.1 Å². The van der Waals surface area contributed by atoms with Crippen LogP contribution in [-0.4, -0.2) is 36.7 Å². The van der Waals surface area contributed by atoms with Crippen LogP contribution in [0.2, 0.25) is 0 Å². The van der Waals surface area contributed by atoms with Crippen LogP contribution in [0.3, 0.4) is 0 Å². The van der Waals surface area contributed by atoms with Gasteiger partial charge in [0.25, 0.3) is 0 Å². The zero-order valence-corrected chi connectivity index (χ0v) is 16.9. The van der Waals surface area contributed by atoms with E-state index in [9.17, 15) is 13.2 Å². The van der Waals surface area contributed by atoms with Gasteiger partial charge < -0.3 is 5.32 Å². The molecule has 0 saturated carbocycles. The van der Waals surface area contributed by atoms with Crippen LogP contribution < -0.4 is 5.32 Å². The lowest BCUT2D eigenvalue weighted by atomic mass is 10.1. The number of rotatable bonds is 9. The quantitative estimate of drug-likeness (QED) is 0.715. The van der Waals surface area contributed by atoms with Crippen molar-refractivity contribution >= 4 is 15.9 Å². The standard InChI is InChI=1S/C20H27N3O3S/c1-4-23(5-2)27(25,26)19-11-9-18(10-12-19)16(3)22-20(24)13-8-17-7-6-14-21-15-17/h6-7,9-12,14-16H,4-5,8,13H2,1-3H3,(H,22,24). The Morgan fingerprint density at radius 3 is 2.37 bits per heavy atom. The van der Waals surface area contributed by atoms with Crippen LogP contribution in [0.1, 0.15) is 44.4 Å². The highest BCUT2D eigenvalue weighted by Crippen LogP contribution is 2.19. The van der Waals surface area contributed by atoms with Crippen molar-refractivity contribution in [1.29, 1.82) is 0 Å². The Morgan fingerprint density at radius 2 is 1.81 bits per heavy atom. The number of hydrogen-bond acceptors (Lipinski definition) is 4. The highest BCUT2D eigenvalue weighted by atomic mass is 32.2. The minimum atomic E-state index is -3.47. The average molecular weight is 390 g/mol. The smallest absolute Gasteiger partial charge is 0.243 e. The van der Waals surface area contributed by atoms with Gasteiger partial charge in [0.2, 0.25) is 15.9 Å². The van der Waals surface area contributed by atoms with Gasteiger partial charge in [-0.1, -0.05) is 32.0 Å². The number of hydrogen-bond donors (Lipinski definition) is 1. The molecular weight excluding hydrogens is 362 g/mol. The Morgan fingerprint density at radius 1 is 1.15 bits per heavy atom. The second-order valence-electron chi connectivity index (χ2n) is 6.31. The summed E-state index contributed by atoms with van der Waals surface area (Å²) in [6.45, 7) is 6.39. The van der Waals surface area contributed by atoms with Crippen molar-refractivity contribution in [3.8, 4) is 0 Å². The van der Waals surface area contributed by atoms with Gasteiger partial charge >= 0.3 is 0 Å². The van der Waals surface area contributed by atoms with E-state index in [-0.39, 0.29) is 16.8 Å². The fraction of sp³-hybridized carbons (Fsp3) is 0.400. The van der Waals surface area contributed by atoms with Crippen LogP contribution in [0.4, 0.5) is 0 Å². The van der Waals surface area contributed by atoms with Gasteiger partial charge in [-0.2, -0.15) is 4.31 Å². The number of pyridine rings is 1. The van der Waals surface area contributed by atoms with E-state index in [2.05, 4.69) is 10.3 Å². The van der Waals surface area contributed by atoms with Crippen LogP contribution in [-0.2, 0) is 21.2 Å². The highest BCUT2D eigenvalue weighted by Gasteiger charge is 2.21. The number of benzene rings is 1. The first-order chi connectivity index (χ1) is 12.9. The first kappa shape index (κ1) is 21.1. The molecule has 1 amide bonds. The molecule has 1 unspecified atom stereocenters. The number of carbonyl (C=O) groups excluding carboxylic acids is 1. The molecule has 146 valence electrons. The van der Waals surface area contributed by atoms with Crippen molar-refractivity contribution in [1.82, 2.24) is 14.6 Å². The summed E-state index contributed by atoms with van der Waals surface area (Å²) < 4.78 is 26.5. The topological polar surface area (TPSA) is 79.4 Å². The minimum absolute atomic E-state index is 0.0498. The predicted octanol–water partition coefficient (Wildman–Crippen LogP) is 2.92. The Kier molecular flexibility index (Phi) is 7.50. The molecule has 0 aliphatic heterocycles. The lowest BCUT2D eigenvalue weighted by Gasteiger charge is -2.19. The second-order valence-corrected chi connectivity index (χ2v) is 8.25. The Hall–Kier alpha value is -2.25. The molecular formula is C20H27N3O3S. The molecule has 2 rings (SSSR count). The third-order valence-electron chi connectivity index (χ3n) is 4.46. The van der Waals surface area contributed by atoms with Crippen molar-refractivity contribution in [2.24, 2.45) is 0 Å². The molecule has 1 aromatic carbocycles. The first-order valence-electron chi connectivity index (χ1n) is 9.16. The van der Waals surface area contributed by atoms with Crippen molar-refractivity contribution in [3.05, 3.63) is 59.9 Å². The van der Waals surface area contributed by atoms with Crippen molar-refractivity contribution < 1.29 is 13.2 Å². The molecule has 1 aromatic heterocycles. The van der Waals surface area contributed by atoms with E-state index in [1.165, 1.54) is 4.31 Å². The fourth-order valence-corrected chi connectivity index (χ4v) is 4.30. The molecule has 0 bridgehead atoms. The summed E-state index contributed by atoms with van der Waals surface area (Å²) in [6, 6.07) is 10.3. The first-order valence-corrected chi connectivity index (χ1v) is 10.6. The summed E-state index contributed by atoms with van der Waals surface area (Å²) in [6.07, 6.45) is 4.47. The summed E-state index contributed by atoms with van der Waals surface area (Å²) in [7, 11) is -3.47. The number of nitrogens with one attached hydrogen (secondary N) is 1. The molecule has 0 fully saturated rings. The van der Waals surface area contributed by atoms with E-state index in [0.29, 0.717) is 25.9 Å². The van der Waals surface area contributed by atoms with E-state index in [1.807, 2.05) is 32.9 Å². The molecule has 1 atom stereocenters. The number of carbonyl (C=O) groups is 1. The van der Waals surface area contributed by atoms with Gasteiger partial charge in [0.15, 0.2) is 0 Å². The molecule has 0 radical (unpaired) electrons. The number of aryl methyl sites for hydroxylation is 1. The zero-order chi connectivity index (χ0) is 19.9. The molecule has 1 heterocycles. The van der Waals surface area contributed by atoms with Crippen LogP contribution in [0.25, 0.3) is 0 Å². The van der Waals surface area contributed by atoms with E-state index in [0.717, 1.165) is 11.1 Å². The molecule has 0 aliphatic carbocycles. The summed E-state index contributed by atoms with van der Waals surface area (Å²) in [4.78, 5) is 16.5. The SMILES string of the molecule is CCN(CC)S(=O)(=O)c1ccc(C(C)NC(=O)CCc2cccnc2)cc1. The molecule has 2 aromatic rings. The minimum Gasteiger partial charge on any atom is -0.350 e. The summed E-state index contributed by atoms with van der Waals surface area (Å²) in [5, 5.41) is 2.95. The lowest BCUT2D eigenvalue weighted by molar-refractivity contribution is -0.121. The molecule has 6 nitrogen and oxygen atoms in total. The summed E-state index contributed by atoms with van der Waals surface area (Å²) in [5.41, 5.74) is 1.88. The van der Waals surface area contributed by atoms with E-state index < -0.39 is 10.0 Å². The molecule has 1 N–H and O–H groups in total. The van der Waals surface area contributed by atoms with E-state index >= 15 is 0 Å². The zero-order valence-electron chi connectivity index (χ0n) is 16.1. The van der Waals surface area contributed by atoms with Crippen molar-refractivity contribution in [2.45, 2.75) is 44.6 Å². The van der Waals surface area contributed by atoms with Crippen LogP contribution >= 0.6 is 0 Å².